The molecule has 0 unspecified atom stereocenters. The van der Waals surface area contributed by atoms with E-state index in [1.54, 1.807) is 0 Å². The summed E-state index contributed by atoms with van der Waals surface area (Å²) in [6.07, 6.45) is 4.32. The topological polar surface area (TPSA) is 59.3 Å². The van der Waals surface area contributed by atoms with Crippen LogP contribution in [0, 0.1) is 0 Å². The molecule has 7 nitrogen and oxygen atoms in total. The second-order valence-corrected chi connectivity index (χ2v) is 7.87. The fourth-order valence-corrected chi connectivity index (χ4v) is 4.20. The van der Waals surface area contributed by atoms with E-state index in [-0.39, 0.29) is 12.1 Å². The third-order valence-electron chi connectivity index (χ3n) is 5.55. The van der Waals surface area contributed by atoms with Gasteiger partial charge < -0.3 is 4.74 Å². The Morgan fingerprint density at radius 1 is 1.21 bits per heavy atom. The van der Waals surface area contributed by atoms with E-state index in [0.717, 1.165) is 68.6 Å². The van der Waals surface area contributed by atoms with Gasteiger partial charge in [0.2, 0.25) is 0 Å². The molecular weight excluding hydrogens is 376 g/mol. The minimum atomic E-state index is -0.000416. The minimum Gasteiger partial charge on any atom is -0.376 e. The van der Waals surface area contributed by atoms with Crippen LogP contribution in [-0.4, -0.2) is 75.4 Å². The molecule has 8 heteroatoms. The molecule has 0 spiro atoms. The van der Waals surface area contributed by atoms with E-state index in [1.165, 1.54) is 0 Å². The monoisotopic (exact) mass is 402 g/mol. The fourth-order valence-electron chi connectivity index (χ4n) is 4.07. The smallest absolute Gasteiger partial charge is 0.173 e. The van der Waals surface area contributed by atoms with Crippen molar-refractivity contribution in [3.8, 4) is 0 Å². The number of benzene rings is 1. The molecule has 2 fully saturated rings. The van der Waals surface area contributed by atoms with Gasteiger partial charge in [0, 0.05) is 44.4 Å². The third kappa shape index (κ3) is 4.43. The van der Waals surface area contributed by atoms with Gasteiger partial charge in [0.25, 0.3) is 0 Å². The van der Waals surface area contributed by atoms with Gasteiger partial charge in [-0.15, -0.1) is 11.7 Å². The van der Waals surface area contributed by atoms with Crippen LogP contribution >= 0.6 is 11.6 Å². The van der Waals surface area contributed by atoms with Gasteiger partial charge in [-0.3, -0.25) is 9.80 Å². The number of nitrogens with zero attached hydrogens (tertiary/aromatic N) is 6. The quantitative estimate of drug-likeness (QED) is 0.663. The molecule has 2 aliphatic heterocycles. The van der Waals surface area contributed by atoms with Crippen LogP contribution in [0.1, 0.15) is 30.3 Å². The molecule has 0 radical (unpaired) electrons. The SMILES string of the molecule is C=CCN1CCN([C@@H](c2ccc(Cl)cc2)c2nnnn2C[C@H]2CCCO2)CC1. The summed E-state index contributed by atoms with van der Waals surface area (Å²) in [5, 5.41) is 13.4. The van der Waals surface area contributed by atoms with Crippen molar-refractivity contribution in [2.75, 3.05) is 39.3 Å². The van der Waals surface area contributed by atoms with Crippen molar-refractivity contribution in [2.45, 2.75) is 31.5 Å². The van der Waals surface area contributed by atoms with Crippen molar-refractivity contribution >= 4 is 11.6 Å². The van der Waals surface area contributed by atoms with Crippen LogP contribution in [0.25, 0.3) is 0 Å². The Hall–Kier alpha value is -1.80. The Bertz CT molecular complexity index is 765. The second kappa shape index (κ2) is 9.13. The van der Waals surface area contributed by atoms with Gasteiger partial charge in [0.15, 0.2) is 5.82 Å². The summed E-state index contributed by atoms with van der Waals surface area (Å²) in [6, 6.07) is 8.03. The maximum atomic E-state index is 6.13. The largest absolute Gasteiger partial charge is 0.376 e. The molecule has 28 heavy (non-hydrogen) atoms. The van der Waals surface area contributed by atoms with Crippen LogP contribution in [-0.2, 0) is 11.3 Å². The number of piperazine rings is 1. The minimum absolute atomic E-state index is 0.000416. The average Bonchev–Trinajstić information content (AvgIpc) is 3.38. The Kier molecular flexibility index (Phi) is 6.36. The summed E-state index contributed by atoms with van der Waals surface area (Å²) in [7, 11) is 0. The number of aromatic nitrogens is 4. The standard InChI is InChI=1S/C20H27ClN6O/c1-2-9-25-10-12-26(13-11-25)19(16-5-7-17(21)8-6-16)20-22-23-24-27(20)15-18-4-3-14-28-18/h2,5-8,18-19H,1,3-4,9-15H2/t18-,19+/m1/s1. The lowest BCUT2D eigenvalue weighted by Crippen LogP contribution is -2.48. The van der Waals surface area contributed by atoms with E-state index < -0.39 is 0 Å². The van der Waals surface area contributed by atoms with Gasteiger partial charge in [0.05, 0.1) is 18.7 Å². The molecule has 0 saturated carbocycles. The number of halogens is 1. The summed E-state index contributed by atoms with van der Waals surface area (Å²) in [5.41, 5.74) is 1.16. The molecule has 150 valence electrons. The molecule has 0 bridgehead atoms. The normalized spacial score (nSPS) is 22.4. The summed E-state index contributed by atoms with van der Waals surface area (Å²) in [4.78, 5) is 4.87. The number of rotatable bonds is 7. The van der Waals surface area contributed by atoms with E-state index in [2.05, 4.69) is 44.0 Å². The third-order valence-corrected chi connectivity index (χ3v) is 5.80. The van der Waals surface area contributed by atoms with Gasteiger partial charge in [-0.2, -0.15) is 0 Å². The highest BCUT2D eigenvalue weighted by Gasteiger charge is 2.31. The van der Waals surface area contributed by atoms with Crippen molar-refractivity contribution in [1.82, 2.24) is 30.0 Å². The Morgan fingerprint density at radius 2 is 2.00 bits per heavy atom. The Labute approximate surface area is 170 Å². The Balaban J connectivity index is 1.60. The summed E-state index contributed by atoms with van der Waals surface area (Å²) < 4.78 is 7.73. The van der Waals surface area contributed by atoms with Crippen LogP contribution in [0.5, 0.6) is 0 Å². The zero-order valence-electron chi connectivity index (χ0n) is 16.1. The first-order valence-corrected chi connectivity index (χ1v) is 10.3. The second-order valence-electron chi connectivity index (χ2n) is 7.43. The lowest BCUT2D eigenvalue weighted by molar-refractivity contribution is 0.0868. The zero-order valence-corrected chi connectivity index (χ0v) is 16.8. The lowest BCUT2D eigenvalue weighted by atomic mass is 10.0. The molecule has 2 atom stereocenters. The molecule has 1 aromatic heterocycles. The van der Waals surface area contributed by atoms with Crippen molar-refractivity contribution in [3.63, 3.8) is 0 Å². The van der Waals surface area contributed by atoms with E-state index >= 15 is 0 Å². The number of hydrogen-bond acceptors (Lipinski definition) is 6. The zero-order chi connectivity index (χ0) is 19.3. The van der Waals surface area contributed by atoms with Gasteiger partial charge in [-0.25, -0.2) is 4.68 Å². The van der Waals surface area contributed by atoms with E-state index in [0.29, 0.717) is 6.54 Å². The molecule has 2 aliphatic rings. The molecule has 0 aliphatic carbocycles. The fraction of sp³-hybridized carbons (Fsp3) is 0.550. The molecule has 2 saturated heterocycles. The predicted octanol–water partition coefficient (Wildman–Crippen LogP) is 2.40. The maximum Gasteiger partial charge on any atom is 0.173 e. The summed E-state index contributed by atoms with van der Waals surface area (Å²) in [5.74, 6) is 0.870. The first kappa shape index (κ1) is 19.5. The van der Waals surface area contributed by atoms with E-state index in [1.807, 2.05) is 22.9 Å². The van der Waals surface area contributed by atoms with Crippen molar-refractivity contribution in [3.05, 3.63) is 53.3 Å². The van der Waals surface area contributed by atoms with Crippen molar-refractivity contribution in [2.24, 2.45) is 0 Å². The molecule has 4 rings (SSSR count). The van der Waals surface area contributed by atoms with Gasteiger partial charge in [-0.05, 0) is 41.0 Å². The number of tetrazole rings is 1. The van der Waals surface area contributed by atoms with Gasteiger partial charge in [-0.1, -0.05) is 29.8 Å². The molecule has 3 heterocycles. The highest BCUT2D eigenvalue weighted by Crippen LogP contribution is 2.29. The first-order valence-electron chi connectivity index (χ1n) is 9.95. The molecule has 1 aromatic carbocycles. The molecular formula is C20H27ClN6O. The summed E-state index contributed by atoms with van der Waals surface area (Å²) >= 11 is 6.13. The van der Waals surface area contributed by atoms with Crippen molar-refractivity contribution < 1.29 is 4.74 Å². The summed E-state index contributed by atoms with van der Waals surface area (Å²) in [6.45, 7) is 10.2. The van der Waals surface area contributed by atoms with Crippen LogP contribution in [0.2, 0.25) is 5.02 Å². The van der Waals surface area contributed by atoms with E-state index in [4.69, 9.17) is 16.3 Å². The van der Waals surface area contributed by atoms with Crippen LogP contribution < -0.4 is 0 Å². The van der Waals surface area contributed by atoms with Crippen molar-refractivity contribution in [1.29, 1.82) is 0 Å². The predicted molar refractivity (Wildman–Crippen MR) is 108 cm³/mol. The highest BCUT2D eigenvalue weighted by molar-refractivity contribution is 6.30. The highest BCUT2D eigenvalue weighted by atomic mass is 35.5. The maximum absolute atomic E-state index is 6.13. The van der Waals surface area contributed by atoms with Crippen LogP contribution in [0.3, 0.4) is 0 Å². The first-order chi connectivity index (χ1) is 13.7. The molecule has 0 amide bonds. The van der Waals surface area contributed by atoms with Gasteiger partial charge >= 0.3 is 0 Å². The Morgan fingerprint density at radius 3 is 2.68 bits per heavy atom. The molecule has 0 N–H and O–H groups in total. The average molecular weight is 403 g/mol. The van der Waals surface area contributed by atoms with Crippen LogP contribution in [0.15, 0.2) is 36.9 Å². The van der Waals surface area contributed by atoms with E-state index in [9.17, 15) is 0 Å². The lowest BCUT2D eigenvalue weighted by Gasteiger charge is -2.38. The van der Waals surface area contributed by atoms with Gasteiger partial charge in [0.1, 0.15) is 0 Å². The van der Waals surface area contributed by atoms with Crippen LogP contribution in [0.4, 0.5) is 0 Å². The number of hydrogen-bond donors (Lipinski definition) is 0. The number of ether oxygens (including phenoxy) is 1. The molecule has 2 aromatic rings.